The highest BCUT2D eigenvalue weighted by Crippen LogP contribution is 2.18. The summed E-state index contributed by atoms with van der Waals surface area (Å²) in [5.74, 6) is -0.845. The molecule has 0 saturated heterocycles. The Morgan fingerprint density at radius 1 is 0.958 bits per heavy atom. The highest BCUT2D eigenvalue weighted by Gasteiger charge is 2.20. The van der Waals surface area contributed by atoms with Crippen molar-refractivity contribution in [2.24, 2.45) is 0 Å². The van der Waals surface area contributed by atoms with E-state index in [0.29, 0.717) is 5.56 Å². The molecular weight excluding hydrogens is 302 g/mol. The van der Waals surface area contributed by atoms with Crippen molar-refractivity contribution < 1.29 is 14.3 Å². The summed E-state index contributed by atoms with van der Waals surface area (Å²) in [5, 5.41) is 2.81. The van der Waals surface area contributed by atoms with Crippen LogP contribution in [0.15, 0.2) is 36.4 Å². The monoisotopic (exact) mass is 325 g/mol. The number of aryl methyl sites for hydroxylation is 3. The molecule has 1 N–H and O–H groups in total. The van der Waals surface area contributed by atoms with Gasteiger partial charge in [-0.1, -0.05) is 18.2 Å². The van der Waals surface area contributed by atoms with Gasteiger partial charge < -0.3 is 10.1 Å². The van der Waals surface area contributed by atoms with Crippen molar-refractivity contribution in [1.29, 1.82) is 0 Å². The van der Waals surface area contributed by atoms with Crippen LogP contribution in [0.1, 0.15) is 39.5 Å². The maximum absolute atomic E-state index is 12.3. The maximum atomic E-state index is 12.3. The van der Waals surface area contributed by atoms with Gasteiger partial charge in [0.2, 0.25) is 0 Å². The van der Waals surface area contributed by atoms with E-state index in [1.165, 1.54) is 0 Å². The van der Waals surface area contributed by atoms with Gasteiger partial charge in [-0.25, -0.2) is 4.79 Å². The predicted molar refractivity (Wildman–Crippen MR) is 95.3 cm³/mol. The normalized spacial score (nSPS) is 11.7. The smallest absolute Gasteiger partial charge is 0.338 e. The topological polar surface area (TPSA) is 55.4 Å². The van der Waals surface area contributed by atoms with Crippen molar-refractivity contribution in [3.05, 3.63) is 64.2 Å². The number of hydrogen-bond acceptors (Lipinski definition) is 3. The molecule has 0 bridgehead atoms. The van der Waals surface area contributed by atoms with Crippen molar-refractivity contribution in [3.8, 4) is 0 Å². The number of hydrogen-bond donors (Lipinski definition) is 1. The van der Waals surface area contributed by atoms with Gasteiger partial charge in [0.15, 0.2) is 6.10 Å². The summed E-state index contributed by atoms with van der Waals surface area (Å²) in [6, 6.07) is 11.0. The van der Waals surface area contributed by atoms with E-state index in [9.17, 15) is 9.59 Å². The fraction of sp³-hybridized carbons (Fsp3) is 0.300. The number of esters is 1. The minimum atomic E-state index is -0.876. The van der Waals surface area contributed by atoms with Crippen molar-refractivity contribution in [1.82, 2.24) is 0 Å². The number of carbonyl (C=O) groups excluding carboxylic acids is 2. The molecule has 0 aliphatic carbocycles. The van der Waals surface area contributed by atoms with Gasteiger partial charge in [0.25, 0.3) is 5.91 Å². The zero-order valence-corrected chi connectivity index (χ0v) is 14.8. The van der Waals surface area contributed by atoms with Gasteiger partial charge in [-0.2, -0.15) is 0 Å². The second-order valence-corrected chi connectivity index (χ2v) is 6.08. The summed E-state index contributed by atoms with van der Waals surface area (Å²) in [7, 11) is 0. The average molecular weight is 325 g/mol. The van der Waals surface area contributed by atoms with E-state index in [2.05, 4.69) is 5.32 Å². The molecule has 2 rings (SSSR count). The number of ether oxygens (including phenoxy) is 1. The van der Waals surface area contributed by atoms with Crippen LogP contribution in [0.4, 0.5) is 5.69 Å². The van der Waals surface area contributed by atoms with Crippen molar-refractivity contribution >= 4 is 17.6 Å². The minimum Gasteiger partial charge on any atom is -0.449 e. The van der Waals surface area contributed by atoms with E-state index in [4.69, 9.17) is 4.74 Å². The molecule has 126 valence electrons. The first-order valence-electron chi connectivity index (χ1n) is 7.95. The number of nitrogens with one attached hydrogen (secondary N) is 1. The van der Waals surface area contributed by atoms with Gasteiger partial charge in [0, 0.05) is 5.69 Å². The SMILES string of the molecule is Cc1ccc(C(=O)O[C@@H](C)C(=O)Nc2cccc(C)c2C)cc1C. The zero-order valence-electron chi connectivity index (χ0n) is 14.8. The standard InChI is InChI=1S/C20H23NO3/c1-12-9-10-17(11-14(12)3)20(23)24-16(5)19(22)21-18-8-6-7-13(2)15(18)4/h6-11,16H,1-5H3,(H,21,22)/t16-/m0/s1. The molecule has 0 aliphatic rings. The molecule has 2 aromatic carbocycles. The van der Waals surface area contributed by atoms with Gasteiger partial charge in [-0.3, -0.25) is 4.79 Å². The third-order valence-electron chi connectivity index (χ3n) is 4.26. The number of anilines is 1. The Hall–Kier alpha value is -2.62. The summed E-state index contributed by atoms with van der Waals surface area (Å²) < 4.78 is 5.28. The third-order valence-corrected chi connectivity index (χ3v) is 4.26. The Morgan fingerprint density at radius 2 is 1.67 bits per heavy atom. The Morgan fingerprint density at radius 3 is 2.33 bits per heavy atom. The van der Waals surface area contributed by atoms with Crippen molar-refractivity contribution in [2.75, 3.05) is 5.32 Å². The summed E-state index contributed by atoms with van der Waals surface area (Å²) in [6.07, 6.45) is -0.876. The number of benzene rings is 2. The van der Waals surface area contributed by atoms with Crippen LogP contribution in [0, 0.1) is 27.7 Å². The predicted octanol–water partition coefficient (Wildman–Crippen LogP) is 4.10. The Balaban J connectivity index is 2.04. The largest absolute Gasteiger partial charge is 0.449 e. The van der Waals surface area contributed by atoms with E-state index in [-0.39, 0.29) is 5.91 Å². The molecule has 0 aromatic heterocycles. The summed E-state index contributed by atoms with van der Waals surface area (Å²) >= 11 is 0. The highest BCUT2D eigenvalue weighted by atomic mass is 16.5. The van der Waals surface area contributed by atoms with Gasteiger partial charge in [0.05, 0.1) is 5.56 Å². The fourth-order valence-electron chi connectivity index (χ4n) is 2.27. The summed E-state index contributed by atoms with van der Waals surface area (Å²) in [6.45, 7) is 9.40. The van der Waals surface area contributed by atoms with Crippen LogP contribution < -0.4 is 5.32 Å². The van der Waals surface area contributed by atoms with Crippen LogP contribution in [0.3, 0.4) is 0 Å². The highest BCUT2D eigenvalue weighted by molar-refractivity contribution is 5.97. The lowest BCUT2D eigenvalue weighted by molar-refractivity contribution is -0.123. The third kappa shape index (κ3) is 4.02. The van der Waals surface area contributed by atoms with Gasteiger partial charge in [-0.15, -0.1) is 0 Å². The molecule has 1 amide bonds. The molecule has 4 nitrogen and oxygen atoms in total. The molecular formula is C20H23NO3. The molecule has 0 aliphatic heterocycles. The first kappa shape index (κ1) is 17.7. The molecule has 0 unspecified atom stereocenters. The summed E-state index contributed by atoms with van der Waals surface area (Å²) in [5.41, 5.74) is 5.38. The summed E-state index contributed by atoms with van der Waals surface area (Å²) in [4.78, 5) is 24.5. The van der Waals surface area contributed by atoms with Crippen LogP contribution in [-0.2, 0) is 9.53 Å². The first-order valence-corrected chi connectivity index (χ1v) is 7.95. The van der Waals surface area contributed by atoms with Gasteiger partial charge in [0.1, 0.15) is 0 Å². The lowest BCUT2D eigenvalue weighted by Crippen LogP contribution is -2.30. The quantitative estimate of drug-likeness (QED) is 0.861. The van der Waals surface area contributed by atoms with Crippen LogP contribution in [0.25, 0.3) is 0 Å². The Bertz CT molecular complexity index is 780. The van der Waals surface area contributed by atoms with Gasteiger partial charge in [-0.05, 0) is 75.1 Å². The van der Waals surface area contributed by atoms with Crippen LogP contribution >= 0.6 is 0 Å². The van der Waals surface area contributed by atoms with Crippen molar-refractivity contribution in [2.45, 2.75) is 40.7 Å². The molecule has 0 radical (unpaired) electrons. The molecule has 0 fully saturated rings. The molecule has 1 atom stereocenters. The molecule has 24 heavy (non-hydrogen) atoms. The van der Waals surface area contributed by atoms with Crippen LogP contribution in [0.5, 0.6) is 0 Å². The zero-order chi connectivity index (χ0) is 17.9. The van der Waals surface area contributed by atoms with E-state index in [1.807, 2.05) is 52.0 Å². The second-order valence-electron chi connectivity index (χ2n) is 6.08. The molecule has 4 heteroatoms. The van der Waals surface area contributed by atoms with Crippen LogP contribution in [0.2, 0.25) is 0 Å². The van der Waals surface area contributed by atoms with E-state index < -0.39 is 12.1 Å². The molecule has 2 aromatic rings. The van der Waals surface area contributed by atoms with Gasteiger partial charge >= 0.3 is 5.97 Å². The van der Waals surface area contributed by atoms with E-state index in [1.54, 1.807) is 19.1 Å². The number of carbonyl (C=O) groups is 2. The minimum absolute atomic E-state index is 0.346. The van der Waals surface area contributed by atoms with Crippen LogP contribution in [-0.4, -0.2) is 18.0 Å². The molecule has 0 saturated carbocycles. The second kappa shape index (κ2) is 7.30. The lowest BCUT2D eigenvalue weighted by atomic mass is 10.1. The molecule has 0 heterocycles. The number of rotatable bonds is 4. The Labute approximate surface area is 142 Å². The van der Waals surface area contributed by atoms with E-state index >= 15 is 0 Å². The fourth-order valence-corrected chi connectivity index (χ4v) is 2.27. The number of amides is 1. The lowest BCUT2D eigenvalue weighted by Gasteiger charge is -2.16. The molecule has 0 spiro atoms. The van der Waals surface area contributed by atoms with Crippen molar-refractivity contribution in [3.63, 3.8) is 0 Å². The first-order chi connectivity index (χ1) is 11.3. The van der Waals surface area contributed by atoms with E-state index in [0.717, 1.165) is 27.9 Å². The maximum Gasteiger partial charge on any atom is 0.338 e. The Kier molecular flexibility index (Phi) is 5.39. The average Bonchev–Trinajstić information content (AvgIpc) is 2.54.